The third-order valence-corrected chi connectivity index (χ3v) is 2.68. The molecule has 0 fully saturated rings. The van der Waals surface area contributed by atoms with Crippen LogP contribution in [0.3, 0.4) is 0 Å². The number of nitrogens with two attached hydrogens (primary N) is 1. The maximum Gasteiger partial charge on any atom is 0.416 e. The zero-order valence-corrected chi connectivity index (χ0v) is 10.9. The van der Waals surface area contributed by atoms with Crippen LogP contribution in [-0.2, 0) is 13.2 Å². The van der Waals surface area contributed by atoms with Crippen molar-refractivity contribution in [1.82, 2.24) is 15.2 Å². The average Bonchev–Trinajstić information content (AvgIpc) is 2.78. The molecular formula is C12H12F3N5O. The lowest BCUT2D eigenvalue weighted by Crippen LogP contribution is -2.30. The molecule has 2 rings (SSSR count). The molecule has 21 heavy (non-hydrogen) atoms. The molecular weight excluding hydrogens is 287 g/mol. The number of rotatable bonds is 3. The normalized spacial score (nSPS) is 11.3. The highest BCUT2D eigenvalue weighted by atomic mass is 19.4. The van der Waals surface area contributed by atoms with Crippen molar-refractivity contribution in [3.63, 3.8) is 0 Å². The van der Waals surface area contributed by atoms with Gasteiger partial charge in [0.05, 0.1) is 5.56 Å². The van der Waals surface area contributed by atoms with Gasteiger partial charge in [0.15, 0.2) is 5.82 Å². The van der Waals surface area contributed by atoms with Crippen LogP contribution in [0.15, 0.2) is 30.5 Å². The number of aryl methyl sites for hydroxylation is 1. The summed E-state index contributed by atoms with van der Waals surface area (Å²) >= 11 is 0. The molecule has 0 aliphatic carbocycles. The summed E-state index contributed by atoms with van der Waals surface area (Å²) in [6.07, 6.45) is -2.96. The van der Waals surface area contributed by atoms with Crippen LogP contribution < -0.4 is 16.6 Å². The zero-order chi connectivity index (χ0) is 15.6. The second-order valence-corrected chi connectivity index (χ2v) is 4.24. The fourth-order valence-corrected chi connectivity index (χ4v) is 1.70. The summed E-state index contributed by atoms with van der Waals surface area (Å²) in [7, 11) is 1.60. The molecule has 9 heteroatoms. The summed E-state index contributed by atoms with van der Waals surface area (Å²) in [4.78, 5) is 11.5. The van der Waals surface area contributed by atoms with Gasteiger partial charge in [-0.15, -0.1) is 0 Å². The Bertz CT molecular complexity index is 648. The number of nitrogen functional groups attached to an aromatic ring is 1. The molecule has 2 aromatic rings. The molecule has 112 valence electrons. The minimum Gasteiger partial charge on any atom is -0.338 e. The van der Waals surface area contributed by atoms with E-state index < -0.39 is 17.6 Å². The predicted molar refractivity (Wildman–Crippen MR) is 69.6 cm³/mol. The van der Waals surface area contributed by atoms with Crippen molar-refractivity contribution in [3.8, 4) is 0 Å². The molecule has 0 saturated carbocycles. The van der Waals surface area contributed by atoms with Crippen LogP contribution in [0.25, 0.3) is 0 Å². The Hall–Kier alpha value is -2.55. The highest BCUT2D eigenvalue weighted by Gasteiger charge is 2.30. The number of hydrogen-bond acceptors (Lipinski definition) is 4. The molecule has 0 atom stereocenters. The number of aromatic nitrogens is 2. The van der Waals surface area contributed by atoms with Crippen molar-refractivity contribution in [2.45, 2.75) is 6.18 Å². The second kappa shape index (κ2) is 5.44. The van der Waals surface area contributed by atoms with Crippen LogP contribution in [0.2, 0.25) is 0 Å². The van der Waals surface area contributed by atoms with Crippen LogP contribution in [-0.4, -0.2) is 15.7 Å². The first-order valence-electron chi connectivity index (χ1n) is 5.80. The van der Waals surface area contributed by atoms with Crippen molar-refractivity contribution in [1.29, 1.82) is 0 Å². The van der Waals surface area contributed by atoms with E-state index in [2.05, 4.69) is 10.4 Å². The molecule has 1 heterocycles. The largest absolute Gasteiger partial charge is 0.416 e. The van der Waals surface area contributed by atoms with E-state index >= 15 is 0 Å². The summed E-state index contributed by atoms with van der Waals surface area (Å²) in [6.45, 7) is 0. The van der Waals surface area contributed by atoms with Crippen LogP contribution in [0.4, 0.5) is 24.7 Å². The number of nitrogens with one attached hydrogen (secondary N) is 2. The standard InChI is InChI=1S/C12H12F3N5O/c1-20-6-9(11(21)18-16)10(19-20)17-8-4-2-7(3-5-8)12(13,14)15/h2-6H,16H2,1H3,(H,17,19)(H,18,21). The number of anilines is 2. The minimum atomic E-state index is -4.39. The number of halogens is 3. The van der Waals surface area contributed by atoms with Gasteiger partial charge in [0.1, 0.15) is 5.56 Å². The average molecular weight is 299 g/mol. The Morgan fingerprint density at radius 3 is 2.43 bits per heavy atom. The van der Waals surface area contributed by atoms with Gasteiger partial charge >= 0.3 is 6.18 Å². The molecule has 0 radical (unpaired) electrons. The van der Waals surface area contributed by atoms with Gasteiger partial charge in [0.25, 0.3) is 5.91 Å². The lowest BCUT2D eigenvalue weighted by Gasteiger charge is -2.09. The van der Waals surface area contributed by atoms with Gasteiger partial charge in [0.2, 0.25) is 0 Å². The van der Waals surface area contributed by atoms with Gasteiger partial charge in [-0.3, -0.25) is 14.9 Å². The Kier molecular flexibility index (Phi) is 3.85. The molecule has 1 aromatic carbocycles. The summed E-state index contributed by atoms with van der Waals surface area (Å²) in [5, 5.41) is 6.78. The Labute approximate surface area is 117 Å². The maximum absolute atomic E-state index is 12.5. The van der Waals surface area contributed by atoms with Gasteiger partial charge < -0.3 is 5.32 Å². The Morgan fingerprint density at radius 1 is 1.29 bits per heavy atom. The van der Waals surface area contributed by atoms with Crippen molar-refractivity contribution in [3.05, 3.63) is 41.6 Å². The lowest BCUT2D eigenvalue weighted by atomic mass is 10.2. The molecule has 1 amide bonds. The molecule has 0 spiro atoms. The summed E-state index contributed by atoms with van der Waals surface area (Å²) < 4.78 is 38.8. The smallest absolute Gasteiger partial charge is 0.338 e. The minimum absolute atomic E-state index is 0.180. The molecule has 4 N–H and O–H groups in total. The number of alkyl halides is 3. The molecule has 1 aromatic heterocycles. The van der Waals surface area contributed by atoms with E-state index in [0.717, 1.165) is 12.1 Å². The van der Waals surface area contributed by atoms with E-state index in [1.807, 2.05) is 5.43 Å². The quantitative estimate of drug-likeness (QED) is 0.458. The third kappa shape index (κ3) is 3.31. The van der Waals surface area contributed by atoms with E-state index in [1.165, 1.54) is 23.0 Å². The number of benzene rings is 1. The van der Waals surface area contributed by atoms with E-state index in [9.17, 15) is 18.0 Å². The van der Waals surface area contributed by atoms with Crippen LogP contribution in [0, 0.1) is 0 Å². The van der Waals surface area contributed by atoms with Gasteiger partial charge in [-0.2, -0.15) is 18.3 Å². The molecule has 0 unspecified atom stereocenters. The van der Waals surface area contributed by atoms with Gasteiger partial charge in [-0.1, -0.05) is 0 Å². The summed E-state index contributed by atoms with van der Waals surface area (Å²) in [5.74, 6) is 4.69. The number of carbonyl (C=O) groups is 1. The Balaban J connectivity index is 2.24. The maximum atomic E-state index is 12.5. The first kappa shape index (κ1) is 14.9. The zero-order valence-electron chi connectivity index (χ0n) is 10.9. The van der Waals surface area contributed by atoms with Gasteiger partial charge in [-0.25, -0.2) is 5.84 Å². The van der Waals surface area contributed by atoms with Crippen molar-refractivity contribution in [2.75, 3.05) is 5.32 Å². The van der Waals surface area contributed by atoms with E-state index in [1.54, 1.807) is 7.05 Å². The van der Waals surface area contributed by atoms with Gasteiger partial charge in [0, 0.05) is 18.9 Å². The van der Waals surface area contributed by atoms with Crippen LogP contribution in [0.5, 0.6) is 0 Å². The van der Waals surface area contributed by atoms with E-state index in [0.29, 0.717) is 5.69 Å². The molecule has 0 aliphatic heterocycles. The predicted octanol–water partition coefficient (Wildman–Crippen LogP) is 1.79. The molecule has 0 saturated heterocycles. The number of nitrogens with zero attached hydrogens (tertiary/aromatic N) is 2. The van der Waals surface area contributed by atoms with Gasteiger partial charge in [-0.05, 0) is 24.3 Å². The molecule has 6 nitrogen and oxygen atoms in total. The monoisotopic (exact) mass is 299 g/mol. The molecule has 0 aliphatic rings. The van der Waals surface area contributed by atoms with E-state index in [4.69, 9.17) is 5.84 Å². The highest BCUT2D eigenvalue weighted by Crippen LogP contribution is 2.30. The highest BCUT2D eigenvalue weighted by molar-refractivity contribution is 5.98. The molecule has 0 bridgehead atoms. The third-order valence-electron chi connectivity index (χ3n) is 2.68. The lowest BCUT2D eigenvalue weighted by molar-refractivity contribution is -0.137. The Morgan fingerprint density at radius 2 is 1.90 bits per heavy atom. The number of hydrogen-bond donors (Lipinski definition) is 3. The SMILES string of the molecule is Cn1cc(C(=O)NN)c(Nc2ccc(C(F)(F)F)cc2)n1. The summed E-state index contributed by atoms with van der Waals surface area (Å²) in [5.41, 5.74) is 1.76. The first-order valence-corrected chi connectivity index (χ1v) is 5.80. The van der Waals surface area contributed by atoms with Crippen molar-refractivity contribution >= 4 is 17.4 Å². The topological polar surface area (TPSA) is 85.0 Å². The fourth-order valence-electron chi connectivity index (χ4n) is 1.70. The number of amides is 1. The first-order chi connectivity index (χ1) is 9.81. The second-order valence-electron chi connectivity index (χ2n) is 4.24. The van der Waals surface area contributed by atoms with E-state index in [-0.39, 0.29) is 11.4 Å². The van der Waals surface area contributed by atoms with Crippen molar-refractivity contribution in [2.24, 2.45) is 12.9 Å². The fraction of sp³-hybridized carbons (Fsp3) is 0.167. The summed E-state index contributed by atoms with van der Waals surface area (Å²) in [6, 6.07) is 4.38. The number of hydrazine groups is 1. The number of carbonyl (C=O) groups excluding carboxylic acids is 1. The van der Waals surface area contributed by atoms with Crippen molar-refractivity contribution < 1.29 is 18.0 Å². The van der Waals surface area contributed by atoms with Crippen LogP contribution >= 0.6 is 0 Å². The van der Waals surface area contributed by atoms with Crippen LogP contribution in [0.1, 0.15) is 15.9 Å².